The van der Waals surface area contributed by atoms with Crippen LogP contribution in [0.3, 0.4) is 0 Å². The Kier molecular flexibility index (Phi) is 7.96. The molecule has 4 rings (SSSR count). The maximum Gasteiger partial charge on any atom is 0.272 e. The molecule has 1 unspecified atom stereocenters. The number of fused-ring (bicyclic) bond motifs is 1. The van der Waals surface area contributed by atoms with Gasteiger partial charge >= 0.3 is 0 Å². The number of anilines is 1. The third kappa shape index (κ3) is 6.09. The van der Waals surface area contributed by atoms with Crippen LogP contribution < -0.4 is 10.6 Å². The molecule has 3 heterocycles. The van der Waals surface area contributed by atoms with E-state index in [2.05, 4.69) is 22.2 Å². The highest BCUT2D eigenvalue weighted by molar-refractivity contribution is 7.14. The number of hydrogen-bond donors (Lipinski definition) is 2. The second-order valence-corrected chi connectivity index (χ2v) is 11.6. The van der Waals surface area contributed by atoms with Crippen LogP contribution in [0.2, 0.25) is 0 Å². The zero-order valence-electron chi connectivity index (χ0n) is 21.6. The number of benzene rings is 1. The van der Waals surface area contributed by atoms with Crippen LogP contribution in [0.4, 0.5) is 14.7 Å². The molecule has 38 heavy (non-hydrogen) atoms. The van der Waals surface area contributed by atoms with Crippen molar-refractivity contribution in [3.8, 4) is 0 Å². The SMILES string of the molecule is C=CC(=O)N1CCCC1Cn1c(NC(=O)c2ccc(C(F)F)s2)nc2cc(C(=O)NCC(C)(C)C)ccc21. The Morgan fingerprint density at radius 3 is 2.63 bits per heavy atom. The number of alkyl halides is 2. The summed E-state index contributed by atoms with van der Waals surface area (Å²) in [4.78, 5) is 44.3. The largest absolute Gasteiger partial charge is 0.352 e. The molecule has 1 saturated heterocycles. The van der Waals surface area contributed by atoms with Crippen molar-refractivity contribution in [2.24, 2.45) is 5.41 Å². The van der Waals surface area contributed by atoms with Gasteiger partial charge in [-0.3, -0.25) is 19.7 Å². The van der Waals surface area contributed by atoms with Crippen LogP contribution >= 0.6 is 11.3 Å². The van der Waals surface area contributed by atoms with Crippen LogP contribution in [-0.4, -0.2) is 51.3 Å². The molecule has 1 aromatic carbocycles. The van der Waals surface area contributed by atoms with E-state index in [1.54, 1.807) is 27.7 Å². The summed E-state index contributed by atoms with van der Waals surface area (Å²) >= 11 is 0.719. The van der Waals surface area contributed by atoms with Crippen molar-refractivity contribution in [3.63, 3.8) is 0 Å². The van der Waals surface area contributed by atoms with Gasteiger partial charge in [0.1, 0.15) is 0 Å². The van der Waals surface area contributed by atoms with Crippen LogP contribution in [-0.2, 0) is 11.3 Å². The lowest BCUT2D eigenvalue weighted by atomic mass is 9.97. The summed E-state index contributed by atoms with van der Waals surface area (Å²) in [5.74, 6) is -0.758. The third-order valence-electron chi connectivity index (χ3n) is 6.31. The Hall–Kier alpha value is -3.60. The molecular weight excluding hydrogens is 512 g/mol. The van der Waals surface area contributed by atoms with E-state index in [4.69, 9.17) is 0 Å². The first-order chi connectivity index (χ1) is 18.0. The highest BCUT2D eigenvalue weighted by Gasteiger charge is 2.29. The van der Waals surface area contributed by atoms with Gasteiger partial charge in [0.25, 0.3) is 18.2 Å². The molecule has 1 aliphatic rings. The number of nitrogens with one attached hydrogen (secondary N) is 2. The highest BCUT2D eigenvalue weighted by atomic mass is 32.1. The minimum Gasteiger partial charge on any atom is -0.352 e. The summed E-state index contributed by atoms with van der Waals surface area (Å²) in [7, 11) is 0. The molecule has 0 aliphatic carbocycles. The third-order valence-corrected chi connectivity index (χ3v) is 7.40. The second-order valence-electron chi connectivity index (χ2n) is 10.5. The first-order valence-corrected chi connectivity index (χ1v) is 13.2. The standard InChI is InChI=1S/C27H31F2N5O3S/c1-5-22(35)33-12-6-7-17(33)14-34-19-9-8-16(24(36)30-15-27(2,3)4)13-18(19)31-26(34)32-25(37)21-11-10-20(38-21)23(28)29/h5,8-11,13,17,23H,1,6-7,12,14-15H2,2-4H3,(H,30,36)(H,31,32,37). The number of carbonyl (C=O) groups is 3. The molecule has 3 aromatic rings. The number of amides is 3. The van der Waals surface area contributed by atoms with Crippen LogP contribution in [0, 0.1) is 5.41 Å². The van der Waals surface area contributed by atoms with E-state index in [0.717, 1.165) is 24.2 Å². The number of rotatable bonds is 8. The van der Waals surface area contributed by atoms with Crippen molar-refractivity contribution in [3.05, 3.63) is 58.3 Å². The van der Waals surface area contributed by atoms with Gasteiger partial charge in [-0.25, -0.2) is 13.8 Å². The molecule has 1 atom stereocenters. The van der Waals surface area contributed by atoms with Gasteiger partial charge in [0.15, 0.2) is 0 Å². The summed E-state index contributed by atoms with van der Waals surface area (Å²) in [5, 5.41) is 5.67. The average molecular weight is 544 g/mol. The molecule has 1 aliphatic heterocycles. The number of hydrogen-bond acceptors (Lipinski definition) is 5. The first-order valence-electron chi connectivity index (χ1n) is 12.4. The molecule has 0 bridgehead atoms. The Morgan fingerprint density at radius 1 is 1.21 bits per heavy atom. The molecule has 2 N–H and O–H groups in total. The number of aromatic nitrogens is 2. The summed E-state index contributed by atoms with van der Waals surface area (Å²) in [6.45, 7) is 11.1. The van der Waals surface area contributed by atoms with Crippen LogP contribution in [0.25, 0.3) is 11.0 Å². The van der Waals surface area contributed by atoms with Crippen molar-refractivity contribution < 1.29 is 23.2 Å². The summed E-state index contributed by atoms with van der Waals surface area (Å²) < 4.78 is 27.9. The lowest BCUT2D eigenvalue weighted by Gasteiger charge is -2.24. The summed E-state index contributed by atoms with van der Waals surface area (Å²) in [6, 6.07) is 7.55. The van der Waals surface area contributed by atoms with Gasteiger partial charge in [-0.05, 0) is 54.7 Å². The van der Waals surface area contributed by atoms with Crippen molar-refractivity contribution in [1.82, 2.24) is 19.8 Å². The van der Waals surface area contributed by atoms with Gasteiger partial charge in [-0.15, -0.1) is 11.3 Å². The lowest BCUT2D eigenvalue weighted by Crippen LogP contribution is -2.37. The van der Waals surface area contributed by atoms with Crippen LogP contribution in [0.5, 0.6) is 0 Å². The number of carbonyl (C=O) groups excluding carboxylic acids is 3. The summed E-state index contributed by atoms with van der Waals surface area (Å²) in [6.07, 6.45) is 0.224. The van der Waals surface area contributed by atoms with E-state index in [0.29, 0.717) is 36.2 Å². The number of halogens is 2. The topological polar surface area (TPSA) is 96.3 Å². The van der Waals surface area contributed by atoms with Gasteiger partial charge in [0.2, 0.25) is 11.9 Å². The minimum atomic E-state index is -2.66. The number of likely N-dealkylation sites (tertiary alicyclic amines) is 1. The van der Waals surface area contributed by atoms with E-state index >= 15 is 0 Å². The van der Waals surface area contributed by atoms with E-state index in [1.807, 2.05) is 20.8 Å². The monoisotopic (exact) mass is 543 g/mol. The lowest BCUT2D eigenvalue weighted by molar-refractivity contribution is -0.126. The summed E-state index contributed by atoms with van der Waals surface area (Å²) in [5.41, 5.74) is 1.50. The molecular formula is C27H31F2N5O3S. The smallest absolute Gasteiger partial charge is 0.272 e. The van der Waals surface area contributed by atoms with Crippen LogP contribution in [0.1, 0.15) is 64.9 Å². The van der Waals surface area contributed by atoms with E-state index in [1.165, 1.54) is 18.2 Å². The number of nitrogens with zero attached hydrogens (tertiary/aromatic N) is 3. The van der Waals surface area contributed by atoms with Gasteiger partial charge in [-0.2, -0.15) is 0 Å². The quantitative estimate of drug-likeness (QED) is 0.380. The van der Waals surface area contributed by atoms with Crippen molar-refractivity contribution in [2.75, 3.05) is 18.4 Å². The molecule has 0 saturated carbocycles. The fourth-order valence-corrected chi connectivity index (χ4v) is 5.16. The van der Waals surface area contributed by atoms with Gasteiger partial charge in [0.05, 0.1) is 26.8 Å². The molecule has 11 heteroatoms. The van der Waals surface area contributed by atoms with Gasteiger partial charge < -0.3 is 14.8 Å². The zero-order chi connectivity index (χ0) is 27.6. The Bertz CT molecular complexity index is 1370. The highest BCUT2D eigenvalue weighted by Crippen LogP contribution is 2.29. The van der Waals surface area contributed by atoms with Crippen molar-refractivity contribution in [1.29, 1.82) is 0 Å². The first kappa shape index (κ1) is 27.4. The molecule has 8 nitrogen and oxygen atoms in total. The molecule has 202 valence electrons. The van der Waals surface area contributed by atoms with E-state index in [9.17, 15) is 23.2 Å². The van der Waals surface area contributed by atoms with E-state index < -0.39 is 12.3 Å². The molecule has 0 radical (unpaired) electrons. The fraction of sp³-hybridized carbons (Fsp3) is 0.407. The van der Waals surface area contributed by atoms with Gasteiger partial charge in [0, 0.05) is 25.2 Å². The Morgan fingerprint density at radius 2 is 1.97 bits per heavy atom. The molecule has 1 fully saturated rings. The molecule has 2 aromatic heterocycles. The predicted molar refractivity (Wildman–Crippen MR) is 144 cm³/mol. The Labute approximate surface area is 223 Å². The minimum absolute atomic E-state index is 0.0825. The van der Waals surface area contributed by atoms with Crippen molar-refractivity contribution >= 4 is 46.0 Å². The maximum absolute atomic E-state index is 13.0. The van der Waals surface area contributed by atoms with Crippen LogP contribution in [0.15, 0.2) is 43.0 Å². The van der Waals surface area contributed by atoms with Crippen molar-refractivity contribution in [2.45, 2.75) is 52.6 Å². The predicted octanol–water partition coefficient (Wildman–Crippen LogP) is 5.24. The molecule has 0 spiro atoms. The maximum atomic E-state index is 13.0. The average Bonchev–Trinajstić information content (AvgIpc) is 3.61. The normalized spacial score (nSPS) is 15.7. The Balaban J connectivity index is 1.67. The number of thiophene rings is 1. The zero-order valence-corrected chi connectivity index (χ0v) is 22.4. The fourth-order valence-electron chi connectivity index (χ4n) is 4.40. The van der Waals surface area contributed by atoms with E-state index in [-0.39, 0.29) is 39.0 Å². The number of imidazole rings is 1. The molecule has 3 amide bonds. The second kappa shape index (κ2) is 11.0. The van der Waals surface area contributed by atoms with Gasteiger partial charge in [-0.1, -0.05) is 27.4 Å².